The molecule has 3 rings (SSSR count). The molecule has 1 amide bonds. The Morgan fingerprint density at radius 2 is 2.04 bits per heavy atom. The Balaban J connectivity index is 2.15. The molecule has 0 saturated carbocycles. The summed E-state index contributed by atoms with van der Waals surface area (Å²) in [6.07, 6.45) is 1.39. The molecule has 1 aliphatic heterocycles. The first kappa shape index (κ1) is 18.4. The van der Waals surface area contributed by atoms with Crippen LogP contribution in [0, 0.1) is 5.92 Å². The van der Waals surface area contributed by atoms with Crippen LogP contribution < -0.4 is 10.1 Å². The van der Waals surface area contributed by atoms with E-state index in [2.05, 4.69) is 29.1 Å². The van der Waals surface area contributed by atoms with Gasteiger partial charge in [0, 0.05) is 5.69 Å². The van der Waals surface area contributed by atoms with Crippen LogP contribution >= 0.6 is 0 Å². The van der Waals surface area contributed by atoms with Gasteiger partial charge in [-0.25, -0.2) is 14.8 Å². The van der Waals surface area contributed by atoms with Crippen LogP contribution in [0.3, 0.4) is 0 Å². The van der Waals surface area contributed by atoms with E-state index >= 15 is 0 Å². The Morgan fingerprint density at radius 1 is 1.35 bits per heavy atom. The largest absolute Gasteiger partial charge is 0.511 e. The number of carbonyl (C=O) groups is 2. The quantitative estimate of drug-likeness (QED) is 0.808. The molecule has 140 valence electrons. The van der Waals surface area contributed by atoms with E-state index in [1.54, 1.807) is 13.0 Å². The average molecular weight is 359 g/mol. The zero-order valence-corrected chi connectivity index (χ0v) is 15.8. The Morgan fingerprint density at radius 3 is 2.62 bits per heavy atom. The minimum Gasteiger partial charge on any atom is -0.449 e. The normalized spacial score (nSPS) is 24.1. The van der Waals surface area contributed by atoms with E-state index in [9.17, 15) is 9.59 Å². The maximum absolute atomic E-state index is 12.4. The number of carboxylic acid groups (broad SMARTS) is 1. The summed E-state index contributed by atoms with van der Waals surface area (Å²) in [6.45, 7) is 9.83. The molecule has 1 unspecified atom stereocenters. The second-order valence-electron chi connectivity index (χ2n) is 8.15. The van der Waals surface area contributed by atoms with Gasteiger partial charge in [-0.2, -0.15) is 0 Å². The second kappa shape index (κ2) is 6.07. The zero-order chi connectivity index (χ0) is 19.3. The lowest BCUT2D eigenvalue weighted by atomic mass is 9.74. The topological polar surface area (TPSA) is 101 Å². The number of hydrogen-bond acceptors (Lipinski definition) is 5. The van der Waals surface area contributed by atoms with Crippen molar-refractivity contribution in [3.63, 3.8) is 0 Å². The first-order chi connectivity index (χ1) is 12.0. The van der Waals surface area contributed by atoms with E-state index in [1.807, 2.05) is 13.8 Å². The van der Waals surface area contributed by atoms with Crippen molar-refractivity contribution >= 4 is 17.9 Å². The fraction of sp³-hybridized carbons (Fsp3) is 0.579. The first-order valence-corrected chi connectivity index (χ1v) is 8.91. The summed E-state index contributed by atoms with van der Waals surface area (Å²) in [6, 6.07) is 1.74. The SMILES string of the molecule is CC(C)C1(C)N=C(c2nc3c(cc2OC(=O)O)C(C)(C)CCC3)NC1=O. The summed E-state index contributed by atoms with van der Waals surface area (Å²) < 4.78 is 5.00. The van der Waals surface area contributed by atoms with Gasteiger partial charge in [0.25, 0.3) is 5.91 Å². The lowest BCUT2D eigenvalue weighted by Crippen LogP contribution is -2.41. The predicted molar refractivity (Wildman–Crippen MR) is 96.8 cm³/mol. The van der Waals surface area contributed by atoms with Gasteiger partial charge >= 0.3 is 6.16 Å². The lowest BCUT2D eigenvalue weighted by Gasteiger charge is -2.32. The molecule has 1 aliphatic carbocycles. The number of carbonyl (C=O) groups excluding carboxylic acids is 1. The highest BCUT2D eigenvalue weighted by atomic mass is 16.7. The number of aryl methyl sites for hydroxylation is 1. The van der Waals surface area contributed by atoms with Gasteiger partial charge in [-0.15, -0.1) is 0 Å². The van der Waals surface area contributed by atoms with Gasteiger partial charge in [0.2, 0.25) is 0 Å². The number of amides is 1. The number of nitrogens with zero attached hydrogens (tertiary/aromatic N) is 2. The third kappa shape index (κ3) is 2.95. The minimum atomic E-state index is -1.42. The van der Waals surface area contributed by atoms with Gasteiger partial charge in [0.05, 0.1) is 0 Å². The third-order valence-corrected chi connectivity index (χ3v) is 5.59. The van der Waals surface area contributed by atoms with Crippen LogP contribution in [0.1, 0.15) is 64.4 Å². The highest BCUT2D eigenvalue weighted by molar-refractivity contribution is 6.15. The number of pyridine rings is 1. The Bertz CT molecular complexity index is 813. The van der Waals surface area contributed by atoms with E-state index in [0.717, 1.165) is 30.5 Å². The van der Waals surface area contributed by atoms with Crippen LogP contribution in [0.25, 0.3) is 0 Å². The molecule has 26 heavy (non-hydrogen) atoms. The number of hydrogen-bond donors (Lipinski definition) is 2. The van der Waals surface area contributed by atoms with Crippen molar-refractivity contribution in [2.24, 2.45) is 10.9 Å². The third-order valence-electron chi connectivity index (χ3n) is 5.59. The van der Waals surface area contributed by atoms with Gasteiger partial charge in [0.1, 0.15) is 11.2 Å². The molecule has 7 heteroatoms. The summed E-state index contributed by atoms with van der Waals surface area (Å²) in [5.41, 5.74) is 1.15. The lowest BCUT2D eigenvalue weighted by molar-refractivity contribution is -0.124. The van der Waals surface area contributed by atoms with Crippen LogP contribution in [0.4, 0.5) is 4.79 Å². The smallest absolute Gasteiger partial charge is 0.449 e. The van der Waals surface area contributed by atoms with E-state index in [-0.39, 0.29) is 34.5 Å². The van der Waals surface area contributed by atoms with Gasteiger partial charge in [-0.05, 0) is 49.1 Å². The highest BCUT2D eigenvalue weighted by Crippen LogP contribution is 2.39. The van der Waals surface area contributed by atoms with Crippen molar-refractivity contribution in [2.45, 2.75) is 64.8 Å². The van der Waals surface area contributed by atoms with Crippen molar-refractivity contribution < 1.29 is 19.4 Å². The molecular weight excluding hydrogens is 334 g/mol. The van der Waals surface area contributed by atoms with Crippen LogP contribution in [-0.4, -0.2) is 33.5 Å². The Kier molecular flexibility index (Phi) is 4.29. The summed E-state index contributed by atoms with van der Waals surface area (Å²) in [7, 11) is 0. The maximum atomic E-state index is 12.4. The molecule has 1 aromatic rings. The number of fused-ring (bicyclic) bond motifs is 1. The molecular formula is C19H25N3O4. The second-order valence-corrected chi connectivity index (χ2v) is 8.15. The summed E-state index contributed by atoms with van der Waals surface area (Å²) >= 11 is 0. The summed E-state index contributed by atoms with van der Waals surface area (Å²) in [5, 5.41) is 11.9. The van der Waals surface area contributed by atoms with E-state index < -0.39 is 11.7 Å². The molecule has 2 N–H and O–H groups in total. The number of nitrogens with one attached hydrogen (secondary N) is 1. The molecule has 7 nitrogen and oxygen atoms in total. The number of aromatic nitrogens is 1. The van der Waals surface area contributed by atoms with E-state index in [0.29, 0.717) is 0 Å². The Hall–Kier alpha value is -2.44. The predicted octanol–water partition coefficient (Wildman–Crippen LogP) is 3.04. The number of rotatable bonds is 3. The first-order valence-electron chi connectivity index (χ1n) is 8.91. The standard InChI is InChI=1S/C19H25N3O4/c1-10(2)19(5)16(23)21-15(22-19)14-13(26-17(24)25)9-11-12(20-14)7-6-8-18(11,3)4/h9-10H,6-8H2,1-5H3,(H,24,25)(H,21,22,23). The van der Waals surface area contributed by atoms with E-state index in [1.165, 1.54) is 0 Å². The minimum absolute atomic E-state index is 0.0135. The molecule has 0 spiro atoms. The van der Waals surface area contributed by atoms with Crippen LogP contribution in [0.2, 0.25) is 0 Å². The summed E-state index contributed by atoms with van der Waals surface area (Å²) in [4.78, 5) is 32.8. The molecule has 1 aromatic heterocycles. The van der Waals surface area contributed by atoms with Crippen molar-refractivity contribution in [1.82, 2.24) is 10.3 Å². The molecule has 0 radical (unpaired) electrons. The van der Waals surface area contributed by atoms with Crippen molar-refractivity contribution in [2.75, 3.05) is 0 Å². The number of amidine groups is 1. The fourth-order valence-corrected chi connectivity index (χ4v) is 3.53. The van der Waals surface area contributed by atoms with E-state index in [4.69, 9.17) is 9.84 Å². The van der Waals surface area contributed by atoms with Crippen molar-refractivity contribution in [1.29, 1.82) is 0 Å². The molecule has 0 fully saturated rings. The monoisotopic (exact) mass is 359 g/mol. The number of ether oxygens (including phenoxy) is 1. The number of aliphatic imine (C=N–C) groups is 1. The van der Waals surface area contributed by atoms with Gasteiger partial charge in [-0.1, -0.05) is 27.7 Å². The Labute approximate surface area is 152 Å². The molecule has 1 atom stereocenters. The molecule has 0 aromatic carbocycles. The maximum Gasteiger partial charge on any atom is 0.511 e. The van der Waals surface area contributed by atoms with Crippen LogP contribution in [-0.2, 0) is 16.6 Å². The molecule has 0 saturated heterocycles. The molecule has 2 heterocycles. The van der Waals surface area contributed by atoms with Crippen molar-refractivity contribution in [3.8, 4) is 5.75 Å². The average Bonchev–Trinajstić information content (AvgIpc) is 2.83. The van der Waals surface area contributed by atoms with Gasteiger partial charge in [0.15, 0.2) is 11.6 Å². The van der Waals surface area contributed by atoms with Gasteiger partial charge in [-0.3, -0.25) is 4.79 Å². The fourth-order valence-electron chi connectivity index (χ4n) is 3.53. The van der Waals surface area contributed by atoms with Crippen LogP contribution in [0.15, 0.2) is 11.1 Å². The van der Waals surface area contributed by atoms with Crippen LogP contribution in [0.5, 0.6) is 5.75 Å². The summed E-state index contributed by atoms with van der Waals surface area (Å²) in [5.74, 6) is 0.149. The molecule has 0 bridgehead atoms. The molecule has 2 aliphatic rings. The zero-order valence-electron chi connectivity index (χ0n) is 15.8. The van der Waals surface area contributed by atoms with Gasteiger partial charge < -0.3 is 15.2 Å². The van der Waals surface area contributed by atoms with Crippen molar-refractivity contribution in [3.05, 3.63) is 23.0 Å². The highest BCUT2D eigenvalue weighted by Gasteiger charge is 2.43.